The maximum atomic E-state index is 13.0. The van der Waals surface area contributed by atoms with E-state index in [0.717, 1.165) is 5.56 Å². The molecule has 0 aliphatic carbocycles. The highest BCUT2D eigenvalue weighted by Crippen LogP contribution is 2.31. The van der Waals surface area contributed by atoms with E-state index >= 15 is 0 Å². The number of hydrogen-bond donors (Lipinski definition) is 1. The normalized spacial score (nSPS) is 18.4. The molecule has 0 bridgehead atoms. The Bertz CT molecular complexity index is 567. The molecule has 1 N–H and O–H groups in total. The number of hydrogen-bond acceptors (Lipinski definition) is 2. The molecule has 0 aromatic heterocycles. The Labute approximate surface area is 130 Å². The number of nitrogens with one attached hydrogen (secondary N) is 1. The molecule has 0 atom stereocenters. The minimum absolute atomic E-state index is 0.0795. The minimum atomic E-state index is -0.832. The zero-order chi connectivity index (χ0) is 15.6. The predicted molar refractivity (Wildman–Crippen MR) is 84.6 cm³/mol. The van der Waals surface area contributed by atoms with Crippen molar-refractivity contribution in [3.8, 4) is 0 Å². The molecule has 21 heavy (non-hydrogen) atoms. The van der Waals surface area contributed by atoms with E-state index in [-0.39, 0.29) is 18.2 Å². The predicted octanol–water partition coefficient (Wildman–Crippen LogP) is 3.06. The van der Waals surface area contributed by atoms with Gasteiger partial charge in [0.05, 0.1) is 10.7 Å². The molecule has 1 heterocycles. The van der Waals surface area contributed by atoms with Gasteiger partial charge in [-0.1, -0.05) is 31.5 Å². The smallest absolute Gasteiger partial charge is 0.252 e. The van der Waals surface area contributed by atoms with Crippen LogP contribution in [0.2, 0.25) is 5.02 Å². The lowest BCUT2D eigenvalue weighted by Crippen LogP contribution is -2.56. The number of anilines is 1. The topological polar surface area (TPSA) is 49.4 Å². The maximum Gasteiger partial charge on any atom is 0.252 e. The average Bonchev–Trinajstić information content (AvgIpc) is 2.58. The summed E-state index contributed by atoms with van der Waals surface area (Å²) in [4.78, 5) is 26.6. The molecule has 0 unspecified atom stereocenters. The summed E-state index contributed by atoms with van der Waals surface area (Å²) in [5, 5.41) is 3.44. The van der Waals surface area contributed by atoms with Crippen LogP contribution in [0.5, 0.6) is 0 Å². The fraction of sp³-hybridized carbons (Fsp3) is 0.500. The Kier molecular flexibility index (Phi) is 4.57. The van der Waals surface area contributed by atoms with Crippen LogP contribution in [-0.2, 0) is 9.59 Å². The largest absolute Gasteiger partial charge is 0.342 e. The van der Waals surface area contributed by atoms with Gasteiger partial charge in [-0.3, -0.25) is 9.59 Å². The van der Waals surface area contributed by atoms with Gasteiger partial charge in [0.25, 0.3) is 5.91 Å². The second-order valence-corrected chi connectivity index (χ2v) is 5.91. The van der Waals surface area contributed by atoms with Crippen LogP contribution in [0.4, 0.5) is 5.69 Å². The van der Waals surface area contributed by atoms with Crippen molar-refractivity contribution in [3.05, 3.63) is 28.8 Å². The van der Waals surface area contributed by atoms with Crippen LogP contribution in [0.25, 0.3) is 0 Å². The Morgan fingerprint density at radius 1 is 1.29 bits per heavy atom. The molecule has 1 aliphatic rings. The molecule has 1 saturated heterocycles. The highest BCUT2D eigenvalue weighted by atomic mass is 35.5. The van der Waals surface area contributed by atoms with Crippen LogP contribution in [0.15, 0.2) is 18.2 Å². The number of aryl methyl sites for hydroxylation is 1. The molecule has 4 nitrogen and oxygen atoms in total. The van der Waals surface area contributed by atoms with E-state index in [1.165, 1.54) is 0 Å². The van der Waals surface area contributed by atoms with Gasteiger partial charge in [0, 0.05) is 13.0 Å². The fourth-order valence-corrected chi connectivity index (χ4v) is 3.08. The van der Waals surface area contributed by atoms with Crippen LogP contribution in [0, 0.1) is 6.92 Å². The first-order chi connectivity index (χ1) is 9.93. The highest BCUT2D eigenvalue weighted by molar-refractivity contribution is 6.34. The molecule has 2 amide bonds. The molecule has 5 heteroatoms. The highest BCUT2D eigenvalue weighted by Gasteiger charge is 2.42. The third kappa shape index (κ3) is 2.91. The number of nitrogens with zero attached hydrogens (tertiary/aromatic N) is 1. The molecular formula is C16H21ClN2O2. The number of carbonyl (C=O) groups excluding carboxylic acids is 2. The van der Waals surface area contributed by atoms with Crippen LogP contribution >= 0.6 is 11.6 Å². The molecule has 1 aliphatic heterocycles. The van der Waals surface area contributed by atoms with Crippen molar-refractivity contribution >= 4 is 29.1 Å². The van der Waals surface area contributed by atoms with Gasteiger partial charge in [0.2, 0.25) is 5.91 Å². The van der Waals surface area contributed by atoms with Crippen LogP contribution in [-0.4, -0.2) is 23.9 Å². The van der Waals surface area contributed by atoms with E-state index in [1.54, 1.807) is 4.90 Å². The van der Waals surface area contributed by atoms with Gasteiger partial charge >= 0.3 is 0 Å². The summed E-state index contributed by atoms with van der Waals surface area (Å²) >= 11 is 6.30. The third-order valence-corrected chi connectivity index (χ3v) is 4.50. The first-order valence-electron chi connectivity index (χ1n) is 7.32. The molecule has 1 aromatic carbocycles. The molecule has 2 rings (SSSR count). The van der Waals surface area contributed by atoms with Crippen molar-refractivity contribution in [1.29, 1.82) is 0 Å². The van der Waals surface area contributed by atoms with Crippen molar-refractivity contribution in [1.82, 2.24) is 5.32 Å². The second-order valence-electron chi connectivity index (χ2n) is 5.50. The summed E-state index contributed by atoms with van der Waals surface area (Å²) in [6, 6.07) is 5.61. The van der Waals surface area contributed by atoms with Gasteiger partial charge in [0.1, 0.15) is 5.54 Å². The molecule has 1 fully saturated rings. The number of halogens is 1. The van der Waals surface area contributed by atoms with E-state index in [1.807, 2.05) is 39.0 Å². The quantitative estimate of drug-likeness (QED) is 0.933. The molecule has 1 aromatic rings. The summed E-state index contributed by atoms with van der Waals surface area (Å²) in [7, 11) is 0. The summed E-state index contributed by atoms with van der Waals surface area (Å²) in [6.45, 7) is 6.15. The summed E-state index contributed by atoms with van der Waals surface area (Å²) < 4.78 is 0. The Morgan fingerprint density at radius 3 is 2.52 bits per heavy atom. The summed E-state index contributed by atoms with van der Waals surface area (Å²) in [6.07, 6.45) is 1.42. The standard InChI is InChI=1S/C16H21ClN2O2/c1-4-16(5-2)15(21)19(9-8-14(20)18-16)13-7-6-11(3)10-12(13)17/h6-7,10H,4-5,8-9H2,1-3H3,(H,18,20). The minimum Gasteiger partial charge on any atom is -0.342 e. The molecular weight excluding hydrogens is 288 g/mol. The number of rotatable bonds is 3. The average molecular weight is 309 g/mol. The van der Waals surface area contributed by atoms with Crippen LogP contribution in [0.1, 0.15) is 38.7 Å². The maximum absolute atomic E-state index is 13.0. The lowest BCUT2D eigenvalue weighted by atomic mass is 9.91. The SMILES string of the molecule is CCC1(CC)NC(=O)CCN(c2ccc(C)cc2Cl)C1=O. The molecule has 0 radical (unpaired) electrons. The van der Waals surface area contributed by atoms with E-state index in [0.29, 0.717) is 30.1 Å². The van der Waals surface area contributed by atoms with Crippen molar-refractivity contribution in [2.24, 2.45) is 0 Å². The van der Waals surface area contributed by atoms with E-state index in [2.05, 4.69) is 5.32 Å². The Balaban J connectivity index is 2.47. The zero-order valence-electron chi connectivity index (χ0n) is 12.7. The monoisotopic (exact) mass is 308 g/mol. The fourth-order valence-electron chi connectivity index (χ4n) is 2.75. The van der Waals surface area contributed by atoms with E-state index in [4.69, 9.17) is 11.6 Å². The van der Waals surface area contributed by atoms with Gasteiger partial charge in [0.15, 0.2) is 0 Å². The summed E-state index contributed by atoms with van der Waals surface area (Å²) in [5.41, 5.74) is 0.884. The Morgan fingerprint density at radius 2 is 1.95 bits per heavy atom. The van der Waals surface area contributed by atoms with Gasteiger partial charge in [-0.25, -0.2) is 0 Å². The molecule has 0 saturated carbocycles. The lowest BCUT2D eigenvalue weighted by Gasteiger charge is -2.34. The molecule has 0 spiro atoms. The van der Waals surface area contributed by atoms with Gasteiger partial charge in [-0.05, 0) is 37.5 Å². The van der Waals surface area contributed by atoms with Crippen molar-refractivity contribution in [2.75, 3.05) is 11.4 Å². The van der Waals surface area contributed by atoms with Crippen molar-refractivity contribution in [3.63, 3.8) is 0 Å². The summed E-state index contributed by atoms with van der Waals surface area (Å²) in [5.74, 6) is -0.165. The first-order valence-corrected chi connectivity index (χ1v) is 7.70. The molecule has 114 valence electrons. The van der Waals surface area contributed by atoms with Gasteiger partial charge < -0.3 is 10.2 Å². The number of benzene rings is 1. The van der Waals surface area contributed by atoms with E-state index < -0.39 is 5.54 Å². The third-order valence-electron chi connectivity index (χ3n) is 4.20. The Hall–Kier alpha value is -1.55. The second kappa shape index (κ2) is 6.06. The lowest BCUT2D eigenvalue weighted by molar-refractivity contribution is -0.130. The van der Waals surface area contributed by atoms with Crippen LogP contribution in [0.3, 0.4) is 0 Å². The number of carbonyl (C=O) groups is 2. The zero-order valence-corrected chi connectivity index (χ0v) is 13.5. The van der Waals surface area contributed by atoms with Gasteiger partial charge in [-0.15, -0.1) is 0 Å². The van der Waals surface area contributed by atoms with Gasteiger partial charge in [-0.2, -0.15) is 0 Å². The van der Waals surface area contributed by atoms with E-state index in [9.17, 15) is 9.59 Å². The first kappa shape index (κ1) is 15.8. The van der Waals surface area contributed by atoms with Crippen molar-refractivity contribution in [2.45, 2.75) is 45.6 Å². The van der Waals surface area contributed by atoms with Crippen molar-refractivity contribution < 1.29 is 9.59 Å². The number of amides is 2. The van der Waals surface area contributed by atoms with Crippen LogP contribution < -0.4 is 10.2 Å².